The van der Waals surface area contributed by atoms with Crippen LogP contribution in [0.15, 0.2) is 72.8 Å². The summed E-state index contributed by atoms with van der Waals surface area (Å²) in [5, 5.41) is 8.26. The summed E-state index contributed by atoms with van der Waals surface area (Å²) in [6.07, 6.45) is 0. The predicted molar refractivity (Wildman–Crippen MR) is 134 cm³/mol. The highest BCUT2D eigenvalue weighted by Crippen LogP contribution is 2.44. The molecule has 0 spiro atoms. The Bertz CT molecular complexity index is 1310. The minimum absolute atomic E-state index is 0.0241. The van der Waals surface area contributed by atoms with Crippen LogP contribution in [0.25, 0.3) is 11.3 Å². The van der Waals surface area contributed by atoms with Crippen LogP contribution in [-0.4, -0.2) is 27.0 Å². The molecule has 1 atom stereocenters. The Balaban J connectivity index is 1.46. The highest BCUT2D eigenvalue weighted by molar-refractivity contribution is 6.30. The van der Waals surface area contributed by atoms with E-state index in [2.05, 4.69) is 41.4 Å². The number of aromatic nitrogens is 2. The van der Waals surface area contributed by atoms with E-state index in [1.54, 1.807) is 0 Å². The smallest absolute Gasteiger partial charge is 0.273 e. The quantitative estimate of drug-likeness (QED) is 0.346. The average Bonchev–Trinajstić information content (AvgIpc) is 3.39. The predicted octanol–water partition coefficient (Wildman–Crippen LogP) is 6.57. The standard InChI is InChI=1S/C28H26ClN3O2/c1-17(2)32-27(21-10-14-23(15-11-21)34-16-19-6-12-22(29)13-7-19)24-25(30-31-26(24)28(32)33)20-8-4-18(3)5-9-20/h4-15,17,27H,16H2,1-3H3,(H,30,31). The van der Waals surface area contributed by atoms with Gasteiger partial charge in [0, 0.05) is 22.2 Å². The summed E-state index contributed by atoms with van der Waals surface area (Å²) < 4.78 is 5.96. The molecule has 6 heteroatoms. The molecule has 172 valence electrons. The van der Waals surface area contributed by atoms with E-state index in [4.69, 9.17) is 16.3 Å². The number of nitrogens with one attached hydrogen (secondary N) is 1. The van der Waals surface area contributed by atoms with Gasteiger partial charge in [0.15, 0.2) is 0 Å². The number of hydrogen-bond acceptors (Lipinski definition) is 3. The zero-order valence-corrected chi connectivity index (χ0v) is 20.1. The van der Waals surface area contributed by atoms with E-state index in [1.807, 2.05) is 67.3 Å². The van der Waals surface area contributed by atoms with E-state index in [1.165, 1.54) is 5.56 Å². The summed E-state index contributed by atoms with van der Waals surface area (Å²) in [4.78, 5) is 15.2. The maximum absolute atomic E-state index is 13.3. The van der Waals surface area contributed by atoms with E-state index >= 15 is 0 Å². The number of amides is 1. The minimum Gasteiger partial charge on any atom is -0.489 e. The third-order valence-electron chi connectivity index (χ3n) is 6.20. The first-order chi connectivity index (χ1) is 16.4. The second kappa shape index (κ2) is 8.99. The van der Waals surface area contributed by atoms with Gasteiger partial charge < -0.3 is 9.64 Å². The van der Waals surface area contributed by atoms with Crippen LogP contribution >= 0.6 is 11.6 Å². The number of hydrogen-bond donors (Lipinski definition) is 1. The number of ether oxygens (including phenoxy) is 1. The SMILES string of the molecule is Cc1ccc(-c2n[nH]c3c2C(c2ccc(OCc4ccc(Cl)cc4)cc2)N(C(C)C)C3=O)cc1. The van der Waals surface area contributed by atoms with Gasteiger partial charge in [-0.3, -0.25) is 9.89 Å². The number of aryl methyl sites for hydroxylation is 1. The molecule has 1 aliphatic rings. The molecule has 0 fully saturated rings. The Morgan fingerprint density at radius 3 is 2.32 bits per heavy atom. The second-order valence-corrected chi connectivity index (χ2v) is 9.36. The topological polar surface area (TPSA) is 58.2 Å². The maximum atomic E-state index is 13.3. The molecule has 3 aromatic carbocycles. The summed E-state index contributed by atoms with van der Waals surface area (Å²) in [5.41, 5.74) is 6.56. The molecule has 1 aliphatic heterocycles. The van der Waals surface area contributed by atoms with Crippen molar-refractivity contribution in [1.29, 1.82) is 0 Å². The number of halogens is 1. The van der Waals surface area contributed by atoms with Crippen molar-refractivity contribution in [3.05, 3.63) is 106 Å². The summed E-state index contributed by atoms with van der Waals surface area (Å²) in [6.45, 7) is 6.60. The largest absolute Gasteiger partial charge is 0.489 e. The number of carbonyl (C=O) groups excluding carboxylic acids is 1. The molecule has 4 aromatic rings. The van der Waals surface area contributed by atoms with Crippen molar-refractivity contribution in [3.63, 3.8) is 0 Å². The Morgan fingerprint density at radius 2 is 1.68 bits per heavy atom. The highest BCUT2D eigenvalue weighted by Gasteiger charge is 2.43. The molecule has 0 aliphatic carbocycles. The molecule has 5 nitrogen and oxygen atoms in total. The van der Waals surface area contributed by atoms with Crippen molar-refractivity contribution < 1.29 is 9.53 Å². The molecule has 0 saturated carbocycles. The molecule has 0 bridgehead atoms. The van der Waals surface area contributed by atoms with Crippen molar-refractivity contribution in [2.75, 3.05) is 0 Å². The van der Waals surface area contributed by atoms with Gasteiger partial charge in [-0.15, -0.1) is 0 Å². The van der Waals surface area contributed by atoms with Gasteiger partial charge in [0.05, 0.1) is 11.7 Å². The molecule has 1 unspecified atom stereocenters. The molecule has 34 heavy (non-hydrogen) atoms. The number of rotatable bonds is 6. The molecule has 2 heterocycles. The van der Waals surface area contributed by atoms with Gasteiger partial charge >= 0.3 is 0 Å². The molecular formula is C28H26ClN3O2. The van der Waals surface area contributed by atoms with Crippen molar-refractivity contribution in [3.8, 4) is 17.0 Å². The molecule has 5 rings (SSSR count). The number of H-pyrrole nitrogens is 1. The summed E-state index contributed by atoms with van der Waals surface area (Å²) >= 11 is 5.96. The average molecular weight is 472 g/mol. The third kappa shape index (κ3) is 4.08. The van der Waals surface area contributed by atoms with Gasteiger partial charge in [-0.1, -0.05) is 65.7 Å². The van der Waals surface area contributed by atoms with Crippen LogP contribution in [0.2, 0.25) is 5.02 Å². The molecule has 0 saturated heterocycles. The van der Waals surface area contributed by atoms with Crippen molar-refractivity contribution in [2.24, 2.45) is 0 Å². The van der Waals surface area contributed by atoms with Crippen LogP contribution in [0.1, 0.15) is 52.6 Å². The molecular weight excluding hydrogens is 446 g/mol. The van der Waals surface area contributed by atoms with Gasteiger partial charge in [0.2, 0.25) is 0 Å². The Kier molecular flexibility index (Phi) is 5.88. The molecule has 1 N–H and O–H groups in total. The molecule has 1 aromatic heterocycles. The number of benzene rings is 3. The van der Waals surface area contributed by atoms with Crippen molar-refractivity contribution >= 4 is 17.5 Å². The van der Waals surface area contributed by atoms with Gasteiger partial charge in [-0.2, -0.15) is 5.10 Å². The van der Waals surface area contributed by atoms with Crippen molar-refractivity contribution in [1.82, 2.24) is 15.1 Å². The van der Waals surface area contributed by atoms with Crippen LogP contribution in [0.3, 0.4) is 0 Å². The fourth-order valence-corrected chi connectivity index (χ4v) is 4.58. The van der Waals surface area contributed by atoms with E-state index < -0.39 is 0 Å². The Hall–Kier alpha value is -3.57. The first-order valence-corrected chi connectivity index (χ1v) is 11.8. The zero-order valence-electron chi connectivity index (χ0n) is 19.4. The normalized spacial score (nSPS) is 15.1. The lowest BCUT2D eigenvalue weighted by molar-refractivity contribution is 0.0688. The Labute approximate surface area is 204 Å². The number of carbonyl (C=O) groups is 1. The van der Waals surface area contributed by atoms with Gasteiger partial charge in [-0.25, -0.2) is 0 Å². The van der Waals surface area contributed by atoms with Gasteiger partial charge in [-0.05, 0) is 56.2 Å². The van der Waals surface area contributed by atoms with E-state index in [0.29, 0.717) is 17.3 Å². The van der Waals surface area contributed by atoms with Crippen molar-refractivity contribution in [2.45, 2.75) is 39.5 Å². The van der Waals surface area contributed by atoms with E-state index in [0.717, 1.165) is 33.7 Å². The summed E-state index contributed by atoms with van der Waals surface area (Å²) in [7, 11) is 0. The monoisotopic (exact) mass is 471 g/mol. The minimum atomic E-state index is -0.220. The van der Waals surface area contributed by atoms with Crippen LogP contribution < -0.4 is 4.74 Å². The summed E-state index contributed by atoms with van der Waals surface area (Å²) in [5.74, 6) is 0.745. The van der Waals surface area contributed by atoms with E-state index in [-0.39, 0.29) is 18.0 Å². The van der Waals surface area contributed by atoms with E-state index in [9.17, 15) is 4.79 Å². The fourth-order valence-electron chi connectivity index (χ4n) is 4.45. The maximum Gasteiger partial charge on any atom is 0.273 e. The summed E-state index contributed by atoms with van der Waals surface area (Å²) in [6, 6.07) is 23.6. The van der Waals surface area contributed by atoms with Gasteiger partial charge in [0.1, 0.15) is 18.1 Å². The number of nitrogens with zero attached hydrogens (tertiary/aromatic N) is 2. The second-order valence-electron chi connectivity index (χ2n) is 8.92. The fraction of sp³-hybridized carbons (Fsp3) is 0.214. The number of aromatic amines is 1. The van der Waals surface area contributed by atoms with Gasteiger partial charge in [0.25, 0.3) is 5.91 Å². The molecule has 1 amide bonds. The van der Waals surface area contributed by atoms with Crippen LogP contribution in [-0.2, 0) is 6.61 Å². The highest BCUT2D eigenvalue weighted by atomic mass is 35.5. The Morgan fingerprint density at radius 1 is 1.00 bits per heavy atom. The zero-order chi connectivity index (χ0) is 23.8. The first-order valence-electron chi connectivity index (χ1n) is 11.4. The third-order valence-corrected chi connectivity index (χ3v) is 6.45. The lowest BCUT2D eigenvalue weighted by Gasteiger charge is -2.30. The lowest BCUT2D eigenvalue weighted by Crippen LogP contribution is -2.35. The molecule has 0 radical (unpaired) electrons. The number of fused-ring (bicyclic) bond motifs is 1. The lowest BCUT2D eigenvalue weighted by atomic mass is 9.95. The van der Waals surface area contributed by atoms with Crippen LogP contribution in [0.5, 0.6) is 5.75 Å². The van der Waals surface area contributed by atoms with Crippen LogP contribution in [0, 0.1) is 6.92 Å². The van der Waals surface area contributed by atoms with Crippen LogP contribution in [0.4, 0.5) is 0 Å². The first kappa shape index (κ1) is 22.2.